The van der Waals surface area contributed by atoms with Crippen LogP contribution < -0.4 is 10.9 Å². The number of halogens is 4. The Balaban J connectivity index is 1.76. The summed E-state index contributed by atoms with van der Waals surface area (Å²) in [7, 11) is 0. The number of fused-ring (bicyclic) bond motifs is 1. The fraction of sp³-hybridized carbons (Fsp3) is 0. The predicted octanol–water partition coefficient (Wildman–Crippen LogP) is 5.37. The second kappa shape index (κ2) is 8.01. The first kappa shape index (κ1) is 20.8. The molecule has 0 spiro atoms. The zero-order valence-corrected chi connectivity index (χ0v) is 17.0. The lowest BCUT2D eigenvalue weighted by atomic mass is 10.1. The second-order valence-corrected chi connectivity index (χ2v) is 7.30. The Bertz CT molecular complexity index is 1480. The van der Waals surface area contributed by atoms with Gasteiger partial charge in [0.2, 0.25) is 0 Å². The molecule has 0 aliphatic rings. The Labute approximate surface area is 182 Å². The molecule has 0 saturated carbocycles. The number of carbonyl (C=O) groups is 1. The van der Waals surface area contributed by atoms with Gasteiger partial charge in [0.25, 0.3) is 11.5 Å². The van der Waals surface area contributed by atoms with Gasteiger partial charge in [-0.1, -0.05) is 11.6 Å². The number of hydrogen-bond acceptors (Lipinski definition) is 3. The average molecular weight is 462 g/mol. The molecule has 10 heteroatoms. The molecule has 2 N–H and O–H groups in total. The molecule has 1 aromatic heterocycles. The van der Waals surface area contributed by atoms with E-state index in [-0.39, 0.29) is 37.6 Å². The zero-order valence-electron chi connectivity index (χ0n) is 15.4. The van der Waals surface area contributed by atoms with Crippen molar-refractivity contribution < 1.29 is 18.0 Å². The number of nitrogens with one attached hydrogen (secondary N) is 2. The number of carbonyl (C=O) groups excluding carboxylic acids is 1. The van der Waals surface area contributed by atoms with Gasteiger partial charge in [0.15, 0.2) is 4.77 Å². The van der Waals surface area contributed by atoms with Crippen LogP contribution in [0.3, 0.4) is 0 Å². The van der Waals surface area contributed by atoms with Crippen LogP contribution in [0.4, 0.5) is 18.9 Å². The third-order valence-corrected chi connectivity index (χ3v) is 5.07. The number of aromatic amines is 1. The van der Waals surface area contributed by atoms with Gasteiger partial charge in [-0.2, -0.15) is 0 Å². The summed E-state index contributed by atoms with van der Waals surface area (Å²) in [5.74, 6) is -2.85. The molecule has 0 radical (unpaired) electrons. The van der Waals surface area contributed by atoms with Crippen LogP contribution in [0.5, 0.6) is 0 Å². The minimum atomic E-state index is -0.796. The lowest BCUT2D eigenvalue weighted by molar-refractivity contribution is 0.102. The molecular formula is C21H11ClF3N3O2S. The van der Waals surface area contributed by atoms with Gasteiger partial charge in [-0.25, -0.2) is 13.2 Å². The first-order chi connectivity index (χ1) is 14.7. The van der Waals surface area contributed by atoms with Crippen LogP contribution in [-0.2, 0) is 0 Å². The highest BCUT2D eigenvalue weighted by atomic mass is 35.5. The van der Waals surface area contributed by atoms with E-state index in [9.17, 15) is 22.8 Å². The molecular weight excluding hydrogens is 451 g/mol. The Hall–Kier alpha value is -3.43. The fourth-order valence-electron chi connectivity index (χ4n) is 3.01. The van der Waals surface area contributed by atoms with E-state index in [1.807, 2.05) is 0 Å². The number of H-pyrrole nitrogens is 1. The lowest BCUT2D eigenvalue weighted by Crippen LogP contribution is -2.21. The summed E-state index contributed by atoms with van der Waals surface area (Å²) >= 11 is 11.0. The molecule has 0 fully saturated rings. The number of anilines is 1. The van der Waals surface area contributed by atoms with Gasteiger partial charge in [-0.05, 0) is 60.7 Å². The topological polar surface area (TPSA) is 66.9 Å². The maximum Gasteiger partial charge on any atom is 0.266 e. The van der Waals surface area contributed by atoms with Crippen molar-refractivity contribution in [3.63, 3.8) is 0 Å². The van der Waals surface area contributed by atoms with Gasteiger partial charge >= 0.3 is 0 Å². The van der Waals surface area contributed by atoms with Gasteiger partial charge in [0.1, 0.15) is 17.5 Å². The van der Waals surface area contributed by atoms with Crippen LogP contribution in [0.2, 0.25) is 5.02 Å². The molecule has 31 heavy (non-hydrogen) atoms. The van der Waals surface area contributed by atoms with E-state index >= 15 is 0 Å². The smallest absolute Gasteiger partial charge is 0.266 e. The standard InChI is InChI=1S/C21H11ClF3N3O2S/c22-14-9-12(3-6-15(14)24)28-20(30)13-4-1-10(7-17(13)27-21(28)31)19(29)26-18-8-11(23)2-5-16(18)25/h1-9H,(H,26,29)(H,27,31). The quantitative estimate of drug-likeness (QED) is 0.403. The summed E-state index contributed by atoms with van der Waals surface area (Å²) in [5.41, 5.74) is -0.218. The van der Waals surface area contributed by atoms with Crippen molar-refractivity contribution in [3.8, 4) is 5.69 Å². The SMILES string of the molecule is O=C(Nc1cc(F)ccc1F)c1ccc2c(=O)n(-c3ccc(F)c(Cl)c3)c(=S)[nH]c2c1. The van der Waals surface area contributed by atoms with Gasteiger partial charge in [-0.3, -0.25) is 14.2 Å². The first-order valence-corrected chi connectivity index (χ1v) is 9.54. The van der Waals surface area contributed by atoms with Crippen molar-refractivity contribution in [2.45, 2.75) is 0 Å². The summed E-state index contributed by atoms with van der Waals surface area (Å²) in [6.45, 7) is 0. The summed E-state index contributed by atoms with van der Waals surface area (Å²) in [4.78, 5) is 28.3. The van der Waals surface area contributed by atoms with Crippen molar-refractivity contribution >= 4 is 46.3 Å². The Morgan fingerprint density at radius 1 is 1.00 bits per heavy atom. The van der Waals surface area contributed by atoms with E-state index in [0.717, 1.165) is 28.8 Å². The second-order valence-electron chi connectivity index (χ2n) is 6.51. The van der Waals surface area contributed by atoms with Crippen LogP contribution >= 0.6 is 23.8 Å². The molecule has 0 saturated heterocycles. The number of aromatic nitrogens is 2. The van der Waals surface area contributed by atoms with Crippen LogP contribution in [0.1, 0.15) is 10.4 Å². The summed E-state index contributed by atoms with van der Waals surface area (Å²) in [6, 6.07) is 10.5. The number of rotatable bonds is 3. The molecule has 0 bridgehead atoms. The zero-order chi connectivity index (χ0) is 22.3. The Kier molecular flexibility index (Phi) is 5.38. The van der Waals surface area contributed by atoms with Crippen LogP contribution in [0.25, 0.3) is 16.6 Å². The first-order valence-electron chi connectivity index (χ1n) is 8.75. The summed E-state index contributed by atoms with van der Waals surface area (Å²) in [5, 5.41) is 2.31. The van der Waals surface area contributed by atoms with Gasteiger partial charge < -0.3 is 10.3 Å². The van der Waals surface area contributed by atoms with Crippen molar-refractivity contribution in [3.05, 3.63) is 97.8 Å². The number of nitrogens with zero attached hydrogens (tertiary/aromatic N) is 1. The molecule has 156 valence electrons. The highest BCUT2D eigenvalue weighted by Gasteiger charge is 2.14. The highest BCUT2D eigenvalue weighted by Crippen LogP contribution is 2.20. The molecule has 0 atom stereocenters. The number of amides is 1. The van der Waals surface area contributed by atoms with E-state index in [1.165, 1.54) is 30.3 Å². The van der Waals surface area contributed by atoms with E-state index in [2.05, 4.69) is 10.3 Å². The number of hydrogen-bond donors (Lipinski definition) is 2. The van der Waals surface area contributed by atoms with Crippen LogP contribution in [-0.4, -0.2) is 15.5 Å². The van der Waals surface area contributed by atoms with Crippen molar-refractivity contribution in [1.29, 1.82) is 0 Å². The molecule has 4 rings (SSSR count). The van der Waals surface area contributed by atoms with Crippen LogP contribution in [0.15, 0.2) is 59.4 Å². The van der Waals surface area contributed by atoms with Crippen molar-refractivity contribution in [2.24, 2.45) is 0 Å². The fourth-order valence-corrected chi connectivity index (χ4v) is 3.48. The Morgan fingerprint density at radius 3 is 2.48 bits per heavy atom. The monoisotopic (exact) mass is 461 g/mol. The van der Waals surface area contributed by atoms with Gasteiger partial charge in [0.05, 0.1) is 27.3 Å². The molecule has 1 amide bonds. The normalized spacial score (nSPS) is 11.0. The predicted molar refractivity (Wildman–Crippen MR) is 114 cm³/mol. The molecule has 0 aliphatic heterocycles. The Morgan fingerprint density at radius 2 is 1.74 bits per heavy atom. The number of benzene rings is 3. The maximum absolute atomic E-state index is 13.8. The van der Waals surface area contributed by atoms with Gasteiger partial charge in [-0.15, -0.1) is 0 Å². The van der Waals surface area contributed by atoms with E-state index < -0.39 is 28.9 Å². The summed E-state index contributed by atoms with van der Waals surface area (Å²) < 4.78 is 41.7. The molecule has 4 aromatic rings. The van der Waals surface area contributed by atoms with E-state index in [4.69, 9.17) is 23.8 Å². The van der Waals surface area contributed by atoms with Gasteiger partial charge in [0, 0.05) is 11.6 Å². The van der Waals surface area contributed by atoms with E-state index in [1.54, 1.807) is 0 Å². The molecule has 0 unspecified atom stereocenters. The van der Waals surface area contributed by atoms with Crippen LogP contribution in [0, 0.1) is 22.2 Å². The lowest BCUT2D eigenvalue weighted by Gasteiger charge is -2.10. The minimum absolute atomic E-state index is 0.00564. The summed E-state index contributed by atoms with van der Waals surface area (Å²) in [6.07, 6.45) is 0. The van der Waals surface area contributed by atoms with Crippen molar-refractivity contribution in [2.75, 3.05) is 5.32 Å². The molecule has 3 aromatic carbocycles. The molecule has 1 heterocycles. The molecule has 0 aliphatic carbocycles. The highest BCUT2D eigenvalue weighted by molar-refractivity contribution is 7.71. The van der Waals surface area contributed by atoms with Crippen molar-refractivity contribution in [1.82, 2.24) is 9.55 Å². The average Bonchev–Trinajstić information content (AvgIpc) is 2.72. The minimum Gasteiger partial charge on any atom is -0.331 e. The largest absolute Gasteiger partial charge is 0.331 e. The maximum atomic E-state index is 13.8. The molecule has 5 nitrogen and oxygen atoms in total. The third-order valence-electron chi connectivity index (χ3n) is 4.50. The third kappa shape index (κ3) is 3.97. The van der Waals surface area contributed by atoms with E-state index in [0.29, 0.717) is 0 Å².